The van der Waals surface area contributed by atoms with Crippen molar-refractivity contribution < 1.29 is 24.7 Å². The van der Waals surface area contributed by atoms with Crippen molar-refractivity contribution in [2.45, 2.75) is 44.6 Å². The van der Waals surface area contributed by atoms with Crippen LogP contribution in [0.1, 0.15) is 26.7 Å². The van der Waals surface area contributed by atoms with Crippen LogP contribution in [0.15, 0.2) is 0 Å². The number of carbonyl (C=O) groups is 2. The highest BCUT2D eigenvalue weighted by atomic mass is 16.4. The quantitative estimate of drug-likeness (QED) is 0.373. The number of likely N-dealkylation sites (tertiary alicyclic amines) is 1. The van der Waals surface area contributed by atoms with E-state index in [1.165, 1.54) is 4.90 Å². The lowest BCUT2D eigenvalue weighted by Gasteiger charge is -2.43. The van der Waals surface area contributed by atoms with Crippen LogP contribution < -0.4 is 11.5 Å². The molecule has 1 aliphatic rings. The Hall–Kier alpha value is -1.16. The highest BCUT2D eigenvalue weighted by molar-refractivity contribution is 6.40. The van der Waals surface area contributed by atoms with Gasteiger partial charge in [0.2, 0.25) is 5.91 Å². The third-order valence-corrected chi connectivity index (χ3v) is 4.18. The molecule has 0 unspecified atom stereocenters. The Balaban J connectivity index is 2.88. The number of carbonyl (C=O) groups excluding carboxylic acids is 1. The summed E-state index contributed by atoms with van der Waals surface area (Å²) in [5, 5.41) is 27.3. The zero-order chi connectivity index (χ0) is 17.1. The van der Waals surface area contributed by atoms with E-state index >= 15 is 0 Å². The summed E-state index contributed by atoms with van der Waals surface area (Å²) in [7, 11) is -1.46. The summed E-state index contributed by atoms with van der Waals surface area (Å²) in [4.78, 5) is 25.2. The fourth-order valence-corrected chi connectivity index (χ4v) is 2.76. The molecule has 1 aliphatic heterocycles. The Morgan fingerprint density at radius 1 is 1.41 bits per heavy atom. The van der Waals surface area contributed by atoms with Gasteiger partial charge in [0.25, 0.3) is 0 Å². The van der Waals surface area contributed by atoms with Gasteiger partial charge >= 0.3 is 13.1 Å². The summed E-state index contributed by atoms with van der Waals surface area (Å²) in [6, 6.07) is -0.708. The molecule has 9 heteroatoms. The summed E-state index contributed by atoms with van der Waals surface area (Å²) in [6.07, 6.45) is 0.680. The van der Waals surface area contributed by atoms with Crippen LogP contribution in [0, 0.1) is 11.8 Å². The van der Waals surface area contributed by atoms with Gasteiger partial charge in [0.05, 0.1) is 6.04 Å². The van der Waals surface area contributed by atoms with E-state index in [0.717, 1.165) is 0 Å². The minimum absolute atomic E-state index is 0.0656. The number of carboxylic acid groups (broad SMARTS) is 1. The van der Waals surface area contributed by atoms with Crippen molar-refractivity contribution in [3.63, 3.8) is 0 Å². The maximum Gasteiger partial charge on any atom is 0.451 e. The Kier molecular flexibility index (Phi) is 6.36. The maximum absolute atomic E-state index is 12.4. The van der Waals surface area contributed by atoms with Gasteiger partial charge < -0.3 is 31.5 Å². The third-order valence-electron chi connectivity index (χ3n) is 4.18. The first-order valence-electron chi connectivity index (χ1n) is 7.49. The minimum atomic E-state index is -1.53. The maximum atomic E-state index is 12.4. The number of aliphatic carboxylic acids is 1. The third kappa shape index (κ3) is 4.67. The van der Waals surface area contributed by atoms with Gasteiger partial charge in [-0.1, -0.05) is 20.3 Å². The summed E-state index contributed by atoms with van der Waals surface area (Å²) in [5.74, 6) is -1.76. The lowest BCUT2D eigenvalue weighted by molar-refractivity contribution is -0.149. The van der Waals surface area contributed by atoms with E-state index in [1.807, 2.05) is 13.8 Å². The number of carboxylic acids is 1. The average molecular weight is 315 g/mol. The lowest BCUT2D eigenvalue weighted by atomic mass is 9.75. The molecular weight excluding hydrogens is 289 g/mol. The fraction of sp³-hybridized carbons (Fsp3) is 0.846. The largest absolute Gasteiger partial charge is 0.480 e. The van der Waals surface area contributed by atoms with Gasteiger partial charge in [0, 0.05) is 13.1 Å². The lowest BCUT2D eigenvalue weighted by Crippen LogP contribution is -2.64. The number of hydrogen-bond donors (Lipinski definition) is 5. The zero-order valence-electron chi connectivity index (χ0n) is 13.1. The van der Waals surface area contributed by atoms with Crippen molar-refractivity contribution in [3.8, 4) is 0 Å². The molecule has 0 aromatic carbocycles. The number of nitrogens with zero attached hydrogens (tertiary/aromatic N) is 1. The number of nitrogens with two attached hydrogens (primary N) is 2. The molecular formula is C13H26BN3O5. The molecule has 0 spiro atoms. The number of amides is 1. The van der Waals surface area contributed by atoms with Crippen LogP contribution in [0.2, 0.25) is 6.32 Å². The van der Waals surface area contributed by atoms with Crippen molar-refractivity contribution in [1.82, 2.24) is 4.90 Å². The minimum Gasteiger partial charge on any atom is -0.480 e. The first kappa shape index (κ1) is 18.9. The van der Waals surface area contributed by atoms with Crippen LogP contribution >= 0.6 is 0 Å². The molecule has 0 saturated carbocycles. The second-order valence-electron chi connectivity index (χ2n) is 6.58. The molecule has 22 heavy (non-hydrogen) atoms. The van der Waals surface area contributed by atoms with Crippen molar-refractivity contribution >= 4 is 19.0 Å². The molecule has 0 aromatic heterocycles. The molecule has 1 rings (SSSR count). The zero-order valence-corrected chi connectivity index (χ0v) is 13.1. The van der Waals surface area contributed by atoms with Crippen LogP contribution in [0.4, 0.5) is 0 Å². The summed E-state index contributed by atoms with van der Waals surface area (Å²) < 4.78 is 0. The van der Waals surface area contributed by atoms with Crippen molar-refractivity contribution in [1.29, 1.82) is 0 Å². The number of hydrogen-bond acceptors (Lipinski definition) is 6. The van der Waals surface area contributed by atoms with E-state index in [2.05, 4.69) is 0 Å². The molecule has 7 N–H and O–H groups in total. The predicted octanol–water partition coefficient (Wildman–Crippen LogP) is -1.54. The SMILES string of the molecule is CC(C)[C@H](N)C(=O)N1C[C@@H](CCB(O)O)C[C@](N)(C(=O)O)C1. The van der Waals surface area contributed by atoms with E-state index in [9.17, 15) is 14.7 Å². The Morgan fingerprint density at radius 3 is 2.45 bits per heavy atom. The average Bonchev–Trinajstić information content (AvgIpc) is 2.42. The van der Waals surface area contributed by atoms with Crippen molar-refractivity contribution in [3.05, 3.63) is 0 Å². The van der Waals surface area contributed by atoms with Gasteiger partial charge in [-0.15, -0.1) is 0 Å². The first-order valence-corrected chi connectivity index (χ1v) is 7.49. The van der Waals surface area contributed by atoms with Crippen LogP contribution in [-0.2, 0) is 9.59 Å². The highest BCUT2D eigenvalue weighted by Crippen LogP contribution is 2.28. The van der Waals surface area contributed by atoms with Crippen LogP contribution in [0.5, 0.6) is 0 Å². The monoisotopic (exact) mass is 315 g/mol. The van der Waals surface area contributed by atoms with Crippen LogP contribution in [-0.4, -0.2) is 63.7 Å². The Morgan fingerprint density at radius 2 is 2.00 bits per heavy atom. The number of rotatable bonds is 6. The normalized spacial score (nSPS) is 26.9. The molecule has 0 aliphatic carbocycles. The molecule has 8 nitrogen and oxygen atoms in total. The van der Waals surface area contributed by atoms with Gasteiger partial charge in [-0.2, -0.15) is 0 Å². The standard InChI is InChI=1S/C13H26BN3O5/c1-8(2)10(15)11(18)17-6-9(3-4-14(21)22)5-13(16,7-17)12(19)20/h8-10,21-22H,3-7,15-16H2,1-2H3,(H,19,20)/t9-,10-,13+/m0/s1. The molecule has 1 fully saturated rings. The topological polar surface area (TPSA) is 150 Å². The van der Waals surface area contributed by atoms with Crippen LogP contribution in [0.3, 0.4) is 0 Å². The molecule has 0 aromatic rings. The molecule has 3 atom stereocenters. The first-order chi connectivity index (χ1) is 10.1. The summed E-state index contributed by atoms with van der Waals surface area (Å²) >= 11 is 0. The van der Waals surface area contributed by atoms with Crippen LogP contribution in [0.25, 0.3) is 0 Å². The summed E-state index contributed by atoms with van der Waals surface area (Å²) in [6.45, 7) is 3.88. The Bertz CT molecular complexity index is 420. The second-order valence-corrected chi connectivity index (χ2v) is 6.58. The van der Waals surface area contributed by atoms with E-state index in [-0.39, 0.29) is 37.0 Å². The van der Waals surface area contributed by atoms with E-state index in [0.29, 0.717) is 13.0 Å². The van der Waals surface area contributed by atoms with Gasteiger partial charge in [0.15, 0.2) is 0 Å². The highest BCUT2D eigenvalue weighted by Gasteiger charge is 2.44. The molecule has 1 heterocycles. The summed E-state index contributed by atoms with van der Waals surface area (Å²) in [5.41, 5.74) is 10.3. The molecule has 1 saturated heterocycles. The predicted molar refractivity (Wildman–Crippen MR) is 81.7 cm³/mol. The van der Waals surface area contributed by atoms with Gasteiger partial charge in [-0.25, -0.2) is 0 Å². The molecule has 126 valence electrons. The Labute approximate surface area is 130 Å². The number of piperidine rings is 1. The van der Waals surface area contributed by atoms with Crippen molar-refractivity contribution in [2.24, 2.45) is 23.3 Å². The smallest absolute Gasteiger partial charge is 0.451 e. The molecule has 0 radical (unpaired) electrons. The van der Waals surface area contributed by atoms with Gasteiger partial charge in [-0.05, 0) is 24.6 Å². The van der Waals surface area contributed by atoms with Crippen molar-refractivity contribution in [2.75, 3.05) is 13.1 Å². The van der Waals surface area contributed by atoms with Gasteiger partial charge in [-0.3, -0.25) is 9.59 Å². The van der Waals surface area contributed by atoms with E-state index < -0.39 is 24.7 Å². The van der Waals surface area contributed by atoms with E-state index in [1.54, 1.807) is 0 Å². The fourth-order valence-electron chi connectivity index (χ4n) is 2.76. The van der Waals surface area contributed by atoms with Gasteiger partial charge in [0.1, 0.15) is 5.54 Å². The molecule has 1 amide bonds. The second kappa shape index (κ2) is 7.41. The van der Waals surface area contributed by atoms with E-state index in [4.69, 9.17) is 21.5 Å². The molecule has 0 bridgehead atoms.